The van der Waals surface area contributed by atoms with E-state index in [1.54, 1.807) is 0 Å². The lowest BCUT2D eigenvalue weighted by molar-refractivity contribution is 0.492. The molecule has 1 atom stereocenters. The minimum atomic E-state index is 0.723. The minimum absolute atomic E-state index is 0.723. The van der Waals surface area contributed by atoms with Gasteiger partial charge in [-0.2, -0.15) is 0 Å². The van der Waals surface area contributed by atoms with Crippen LogP contribution in [0.15, 0.2) is 4.99 Å². The second kappa shape index (κ2) is 9.49. The van der Waals surface area contributed by atoms with Crippen LogP contribution in [0.25, 0.3) is 0 Å². The molecule has 2 nitrogen and oxygen atoms in total. The van der Waals surface area contributed by atoms with Gasteiger partial charge in [0.1, 0.15) is 0 Å². The summed E-state index contributed by atoms with van der Waals surface area (Å²) in [5, 5.41) is 3.47. The second-order valence-electron chi connectivity index (χ2n) is 5.24. The Labute approximate surface area is 107 Å². The summed E-state index contributed by atoms with van der Waals surface area (Å²) in [5.41, 5.74) is 0. The fourth-order valence-electron chi connectivity index (χ4n) is 2.57. The van der Waals surface area contributed by atoms with Crippen molar-refractivity contribution < 1.29 is 0 Å². The fraction of sp³-hybridized carbons (Fsp3) is 0.933. The Hall–Kier alpha value is -0.530. The van der Waals surface area contributed by atoms with E-state index < -0.39 is 0 Å². The molecule has 0 amide bonds. The summed E-state index contributed by atoms with van der Waals surface area (Å²) in [4.78, 5) is 4.62. The van der Waals surface area contributed by atoms with Crippen LogP contribution in [-0.2, 0) is 0 Å². The zero-order valence-electron chi connectivity index (χ0n) is 11.8. The van der Waals surface area contributed by atoms with Gasteiger partial charge in [-0.3, -0.25) is 4.99 Å². The lowest BCUT2D eigenvalue weighted by Gasteiger charge is -2.17. The molecule has 0 saturated heterocycles. The van der Waals surface area contributed by atoms with Crippen LogP contribution in [0.3, 0.4) is 0 Å². The molecule has 1 unspecified atom stereocenters. The number of nitrogens with zero attached hydrogens (tertiary/aromatic N) is 1. The van der Waals surface area contributed by atoms with Crippen molar-refractivity contribution in [3.63, 3.8) is 0 Å². The van der Waals surface area contributed by atoms with E-state index in [4.69, 9.17) is 0 Å². The van der Waals surface area contributed by atoms with Gasteiger partial charge in [0.25, 0.3) is 0 Å². The maximum absolute atomic E-state index is 4.62. The van der Waals surface area contributed by atoms with Gasteiger partial charge < -0.3 is 5.32 Å². The number of amidine groups is 1. The smallest absolute Gasteiger partial charge is 0.0995 e. The predicted octanol–water partition coefficient (Wildman–Crippen LogP) is 4.16. The summed E-state index contributed by atoms with van der Waals surface area (Å²) in [6, 6.07) is 0. The van der Waals surface area contributed by atoms with Crippen LogP contribution >= 0.6 is 0 Å². The average Bonchev–Trinajstić information content (AvgIpc) is 2.86. The number of hydrogen-bond donors (Lipinski definition) is 1. The third kappa shape index (κ3) is 6.09. The molecule has 1 aliphatic rings. The van der Waals surface area contributed by atoms with Crippen molar-refractivity contribution in [1.82, 2.24) is 5.32 Å². The van der Waals surface area contributed by atoms with Gasteiger partial charge in [-0.05, 0) is 12.8 Å². The Kier molecular flexibility index (Phi) is 8.12. The summed E-state index contributed by atoms with van der Waals surface area (Å²) in [5.74, 6) is 2.04. The predicted molar refractivity (Wildman–Crippen MR) is 76.7 cm³/mol. The first kappa shape index (κ1) is 14.5. The SMILES string of the molecule is CCCCCCC(CCCCC)C1=NCCN1. The lowest BCUT2D eigenvalue weighted by Crippen LogP contribution is -2.27. The molecule has 1 rings (SSSR count). The molecule has 17 heavy (non-hydrogen) atoms. The van der Waals surface area contributed by atoms with Crippen molar-refractivity contribution in [2.24, 2.45) is 10.9 Å². The standard InChI is InChI=1S/C15H30N2/c1-3-5-7-9-11-14(10-8-6-4-2)15-16-12-13-17-15/h14H,3-13H2,1-2H3,(H,16,17). The van der Waals surface area contributed by atoms with Gasteiger partial charge in [0.2, 0.25) is 0 Å². The van der Waals surface area contributed by atoms with E-state index in [1.165, 1.54) is 63.6 Å². The second-order valence-corrected chi connectivity index (χ2v) is 5.24. The van der Waals surface area contributed by atoms with Gasteiger partial charge in [-0.15, -0.1) is 0 Å². The van der Waals surface area contributed by atoms with E-state index in [9.17, 15) is 0 Å². The highest BCUT2D eigenvalue weighted by atomic mass is 15.1. The van der Waals surface area contributed by atoms with Crippen molar-refractivity contribution >= 4 is 5.84 Å². The summed E-state index contributed by atoms with van der Waals surface area (Å²) >= 11 is 0. The van der Waals surface area contributed by atoms with E-state index in [1.807, 2.05) is 0 Å². The number of unbranched alkanes of at least 4 members (excludes halogenated alkanes) is 5. The van der Waals surface area contributed by atoms with Gasteiger partial charge in [-0.1, -0.05) is 58.8 Å². The Morgan fingerprint density at radius 3 is 2.24 bits per heavy atom. The fourth-order valence-corrected chi connectivity index (χ4v) is 2.57. The molecule has 1 N–H and O–H groups in total. The van der Waals surface area contributed by atoms with Gasteiger partial charge in [0.15, 0.2) is 0 Å². The number of hydrogen-bond acceptors (Lipinski definition) is 2. The van der Waals surface area contributed by atoms with Crippen molar-refractivity contribution in [3.8, 4) is 0 Å². The van der Waals surface area contributed by atoms with Crippen molar-refractivity contribution in [2.75, 3.05) is 13.1 Å². The normalized spacial score (nSPS) is 16.7. The first-order valence-electron chi connectivity index (χ1n) is 7.66. The zero-order valence-corrected chi connectivity index (χ0v) is 11.8. The topological polar surface area (TPSA) is 24.4 Å². The van der Waals surface area contributed by atoms with Crippen molar-refractivity contribution in [3.05, 3.63) is 0 Å². The maximum Gasteiger partial charge on any atom is 0.0995 e. The Bertz CT molecular complexity index is 211. The summed E-state index contributed by atoms with van der Waals surface area (Å²) < 4.78 is 0. The average molecular weight is 238 g/mol. The Morgan fingerprint density at radius 1 is 1.00 bits per heavy atom. The summed E-state index contributed by atoms with van der Waals surface area (Å²) in [6.07, 6.45) is 12.2. The highest BCUT2D eigenvalue weighted by Crippen LogP contribution is 2.20. The molecule has 0 aromatic carbocycles. The molecule has 0 aromatic rings. The third-order valence-electron chi connectivity index (χ3n) is 3.65. The Balaban J connectivity index is 2.25. The molecule has 2 heteroatoms. The molecule has 100 valence electrons. The van der Waals surface area contributed by atoms with Crippen LogP contribution in [-0.4, -0.2) is 18.9 Å². The first-order chi connectivity index (χ1) is 8.38. The first-order valence-corrected chi connectivity index (χ1v) is 7.66. The number of nitrogens with one attached hydrogen (secondary N) is 1. The molecule has 0 spiro atoms. The zero-order chi connectivity index (χ0) is 12.3. The number of rotatable bonds is 10. The maximum atomic E-state index is 4.62. The highest BCUT2D eigenvalue weighted by molar-refractivity contribution is 5.85. The van der Waals surface area contributed by atoms with E-state index in [0.29, 0.717) is 0 Å². The Morgan fingerprint density at radius 2 is 1.65 bits per heavy atom. The molecule has 0 aliphatic carbocycles. The highest BCUT2D eigenvalue weighted by Gasteiger charge is 2.17. The van der Waals surface area contributed by atoms with Crippen molar-refractivity contribution in [2.45, 2.75) is 71.6 Å². The molecule has 0 bridgehead atoms. The van der Waals surface area contributed by atoms with Gasteiger partial charge in [0, 0.05) is 12.5 Å². The van der Waals surface area contributed by atoms with Crippen LogP contribution in [0.2, 0.25) is 0 Å². The monoisotopic (exact) mass is 238 g/mol. The summed E-state index contributed by atoms with van der Waals surface area (Å²) in [7, 11) is 0. The quantitative estimate of drug-likeness (QED) is 0.568. The van der Waals surface area contributed by atoms with E-state index in [-0.39, 0.29) is 0 Å². The molecule has 0 saturated carbocycles. The van der Waals surface area contributed by atoms with Crippen LogP contribution in [0, 0.1) is 5.92 Å². The van der Waals surface area contributed by atoms with Gasteiger partial charge in [-0.25, -0.2) is 0 Å². The van der Waals surface area contributed by atoms with Crippen LogP contribution < -0.4 is 5.32 Å². The van der Waals surface area contributed by atoms with Crippen LogP contribution in [0.1, 0.15) is 71.6 Å². The van der Waals surface area contributed by atoms with Gasteiger partial charge >= 0.3 is 0 Å². The van der Waals surface area contributed by atoms with E-state index in [2.05, 4.69) is 24.2 Å². The number of aliphatic imine (C=N–C) groups is 1. The molecule has 0 fully saturated rings. The van der Waals surface area contributed by atoms with E-state index in [0.717, 1.165) is 19.0 Å². The largest absolute Gasteiger partial charge is 0.372 e. The van der Waals surface area contributed by atoms with Crippen LogP contribution in [0.5, 0.6) is 0 Å². The lowest BCUT2D eigenvalue weighted by atomic mass is 9.93. The minimum Gasteiger partial charge on any atom is -0.372 e. The molecule has 0 radical (unpaired) electrons. The van der Waals surface area contributed by atoms with E-state index >= 15 is 0 Å². The molecule has 1 heterocycles. The van der Waals surface area contributed by atoms with Crippen molar-refractivity contribution in [1.29, 1.82) is 0 Å². The third-order valence-corrected chi connectivity index (χ3v) is 3.65. The summed E-state index contributed by atoms with van der Waals surface area (Å²) in [6.45, 7) is 6.62. The van der Waals surface area contributed by atoms with Gasteiger partial charge in [0.05, 0.1) is 12.4 Å². The molecular formula is C15H30N2. The molecule has 0 aromatic heterocycles. The van der Waals surface area contributed by atoms with Crippen LogP contribution in [0.4, 0.5) is 0 Å². The molecular weight excluding hydrogens is 208 g/mol. The molecule has 1 aliphatic heterocycles.